The molecule has 2 N–H and O–H groups in total. The topological polar surface area (TPSA) is 91.4 Å². The largest absolute Gasteiger partial charge is 0.356 e. The number of amides is 3. The number of aryl methyl sites for hydroxylation is 2. The van der Waals surface area contributed by atoms with Crippen molar-refractivity contribution in [3.05, 3.63) is 51.5 Å². The predicted molar refractivity (Wildman–Crippen MR) is 121 cm³/mol. The van der Waals surface area contributed by atoms with Gasteiger partial charge in [-0.1, -0.05) is 30.3 Å². The lowest BCUT2D eigenvalue weighted by Gasteiger charge is -2.23. The van der Waals surface area contributed by atoms with Crippen LogP contribution in [0.4, 0.5) is 0 Å². The Bertz CT molecular complexity index is 913. The van der Waals surface area contributed by atoms with Crippen molar-refractivity contribution in [3.8, 4) is 0 Å². The summed E-state index contributed by atoms with van der Waals surface area (Å²) >= 11 is 1.35. The summed E-state index contributed by atoms with van der Waals surface area (Å²) in [5, 5.41) is 6.73. The highest BCUT2D eigenvalue weighted by Gasteiger charge is 2.23. The van der Waals surface area contributed by atoms with Crippen molar-refractivity contribution in [2.75, 3.05) is 26.2 Å². The van der Waals surface area contributed by atoms with E-state index in [0.717, 1.165) is 17.8 Å². The summed E-state index contributed by atoms with van der Waals surface area (Å²) in [6.45, 7) is 5.05. The van der Waals surface area contributed by atoms with Crippen LogP contribution >= 0.6 is 11.3 Å². The maximum absolute atomic E-state index is 13.0. The molecule has 1 aromatic heterocycles. The number of rotatable bonds is 2. The minimum Gasteiger partial charge on any atom is -0.356 e. The molecule has 1 aromatic carbocycles. The molecule has 166 valence electrons. The third-order valence-electron chi connectivity index (χ3n) is 5.45. The molecule has 1 aliphatic heterocycles. The number of carbonyl (C=O) groups is 3. The Morgan fingerprint density at radius 2 is 1.81 bits per heavy atom. The Labute approximate surface area is 187 Å². The lowest BCUT2D eigenvalue weighted by molar-refractivity contribution is -0.123. The highest BCUT2D eigenvalue weighted by atomic mass is 32.1. The van der Waals surface area contributed by atoms with Crippen molar-refractivity contribution in [1.29, 1.82) is 0 Å². The van der Waals surface area contributed by atoms with Crippen molar-refractivity contribution < 1.29 is 14.4 Å². The van der Waals surface area contributed by atoms with Crippen molar-refractivity contribution in [2.24, 2.45) is 0 Å². The Morgan fingerprint density at radius 3 is 2.52 bits per heavy atom. The molecule has 1 aliphatic rings. The summed E-state index contributed by atoms with van der Waals surface area (Å²) in [6, 6.07) is 10.1. The van der Waals surface area contributed by atoms with Gasteiger partial charge in [-0.3, -0.25) is 14.4 Å². The average molecular weight is 443 g/mol. The van der Waals surface area contributed by atoms with Crippen LogP contribution < -0.4 is 10.6 Å². The van der Waals surface area contributed by atoms with E-state index in [1.165, 1.54) is 16.9 Å². The maximum atomic E-state index is 13.0. The van der Waals surface area contributed by atoms with Gasteiger partial charge in [0.15, 0.2) is 0 Å². The molecular formula is C23H30N4O3S. The normalized spacial score (nSPS) is 19.3. The van der Waals surface area contributed by atoms with E-state index in [0.29, 0.717) is 43.0 Å². The highest BCUT2D eigenvalue weighted by molar-refractivity contribution is 7.13. The number of aromatic nitrogens is 1. The van der Waals surface area contributed by atoms with Crippen LogP contribution in [0.2, 0.25) is 0 Å². The van der Waals surface area contributed by atoms with Gasteiger partial charge in [-0.15, -0.1) is 11.3 Å². The molecule has 7 nitrogen and oxygen atoms in total. The summed E-state index contributed by atoms with van der Waals surface area (Å²) in [6.07, 6.45) is 2.50. The quantitative estimate of drug-likeness (QED) is 0.748. The highest BCUT2D eigenvalue weighted by Crippen LogP contribution is 2.24. The van der Waals surface area contributed by atoms with Crippen LogP contribution in [-0.4, -0.2) is 53.8 Å². The van der Waals surface area contributed by atoms with Gasteiger partial charge in [-0.2, -0.15) is 0 Å². The van der Waals surface area contributed by atoms with Gasteiger partial charge in [0.25, 0.3) is 5.91 Å². The van der Waals surface area contributed by atoms with Crippen LogP contribution in [0.5, 0.6) is 0 Å². The molecular weight excluding hydrogens is 412 g/mol. The SMILES string of the molecule is Cc1nc(C)c(C(=O)N2CCCNC(=O)CCC(c3ccccc3)CCNC(=O)C2)s1. The van der Waals surface area contributed by atoms with Gasteiger partial charge in [-0.05, 0) is 44.6 Å². The minimum atomic E-state index is -0.182. The molecule has 31 heavy (non-hydrogen) atoms. The van der Waals surface area contributed by atoms with E-state index in [9.17, 15) is 14.4 Å². The van der Waals surface area contributed by atoms with Crippen molar-refractivity contribution in [2.45, 2.75) is 45.4 Å². The van der Waals surface area contributed by atoms with Crippen molar-refractivity contribution in [3.63, 3.8) is 0 Å². The van der Waals surface area contributed by atoms with E-state index in [1.807, 2.05) is 32.0 Å². The molecule has 0 radical (unpaired) electrons. The minimum absolute atomic E-state index is 0.000822. The molecule has 0 saturated carbocycles. The molecule has 0 bridgehead atoms. The zero-order valence-corrected chi connectivity index (χ0v) is 19.0. The van der Waals surface area contributed by atoms with E-state index in [4.69, 9.17) is 0 Å². The Kier molecular flexibility index (Phi) is 8.17. The Balaban J connectivity index is 1.70. The fourth-order valence-corrected chi connectivity index (χ4v) is 4.72. The molecule has 1 saturated heterocycles. The van der Waals surface area contributed by atoms with Crippen LogP contribution in [0, 0.1) is 13.8 Å². The molecule has 8 heteroatoms. The second-order valence-corrected chi connectivity index (χ2v) is 9.07. The number of nitrogens with zero attached hydrogens (tertiary/aromatic N) is 2. The number of hydrogen-bond acceptors (Lipinski definition) is 5. The monoisotopic (exact) mass is 442 g/mol. The van der Waals surface area contributed by atoms with Crippen LogP contribution in [0.15, 0.2) is 30.3 Å². The lowest BCUT2D eigenvalue weighted by Crippen LogP contribution is -2.42. The first-order chi connectivity index (χ1) is 14.9. The van der Waals surface area contributed by atoms with E-state index in [2.05, 4.69) is 27.8 Å². The molecule has 1 atom stereocenters. The van der Waals surface area contributed by atoms with Crippen LogP contribution in [0.25, 0.3) is 0 Å². The first-order valence-electron chi connectivity index (χ1n) is 10.8. The smallest absolute Gasteiger partial charge is 0.266 e. The fraction of sp³-hybridized carbons (Fsp3) is 0.478. The lowest BCUT2D eigenvalue weighted by atomic mass is 9.91. The van der Waals surface area contributed by atoms with Gasteiger partial charge >= 0.3 is 0 Å². The Morgan fingerprint density at radius 1 is 1.06 bits per heavy atom. The van der Waals surface area contributed by atoms with Crippen LogP contribution in [-0.2, 0) is 9.59 Å². The van der Waals surface area contributed by atoms with Gasteiger partial charge in [0.05, 0.1) is 17.2 Å². The maximum Gasteiger partial charge on any atom is 0.266 e. The van der Waals surface area contributed by atoms with Crippen molar-refractivity contribution in [1.82, 2.24) is 20.5 Å². The molecule has 3 rings (SSSR count). The third-order valence-corrected chi connectivity index (χ3v) is 6.51. The number of thiazole rings is 1. The van der Waals surface area contributed by atoms with Gasteiger partial charge in [-0.25, -0.2) is 4.98 Å². The molecule has 0 aliphatic carbocycles. The van der Waals surface area contributed by atoms with Crippen LogP contribution in [0.1, 0.15) is 57.5 Å². The Hall–Kier alpha value is -2.74. The predicted octanol–water partition coefficient (Wildman–Crippen LogP) is 2.79. The van der Waals surface area contributed by atoms with Gasteiger partial charge in [0.2, 0.25) is 11.8 Å². The number of benzene rings is 1. The molecule has 3 amide bonds. The van der Waals surface area contributed by atoms with E-state index >= 15 is 0 Å². The first kappa shape index (κ1) is 22.9. The molecule has 2 heterocycles. The average Bonchev–Trinajstić information content (AvgIpc) is 3.10. The summed E-state index contributed by atoms with van der Waals surface area (Å²) in [7, 11) is 0. The zero-order valence-electron chi connectivity index (χ0n) is 18.1. The summed E-state index contributed by atoms with van der Waals surface area (Å²) in [5.74, 6) is -0.136. The second kappa shape index (κ2) is 11.0. The van der Waals surface area contributed by atoms with E-state index < -0.39 is 0 Å². The van der Waals surface area contributed by atoms with Gasteiger partial charge < -0.3 is 15.5 Å². The van der Waals surface area contributed by atoms with Gasteiger partial charge in [0, 0.05) is 26.1 Å². The zero-order chi connectivity index (χ0) is 22.2. The number of hydrogen-bond donors (Lipinski definition) is 2. The second-order valence-electron chi connectivity index (χ2n) is 7.86. The fourth-order valence-electron chi connectivity index (χ4n) is 3.84. The van der Waals surface area contributed by atoms with E-state index in [-0.39, 0.29) is 30.2 Å². The summed E-state index contributed by atoms with van der Waals surface area (Å²) in [4.78, 5) is 44.4. The molecule has 1 unspecified atom stereocenters. The number of carbonyl (C=O) groups excluding carboxylic acids is 3. The van der Waals surface area contributed by atoms with E-state index in [1.54, 1.807) is 4.90 Å². The molecule has 1 fully saturated rings. The first-order valence-corrected chi connectivity index (χ1v) is 11.6. The standard InChI is InChI=1S/C23H30N4O3S/c1-16-22(31-17(2)26-16)23(30)27-14-6-12-24-20(28)10-9-19(11-13-25-21(29)15-27)18-7-4-3-5-8-18/h3-5,7-8,19H,6,9-15H2,1-2H3,(H,24,28)(H,25,29). The summed E-state index contributed by atoms with van der Waals surface area (Å²) < 4.78 is 0. The van der Waals surface area contributed by atoms with Crippen molar-refractivity contribution >= 4 is 29.1 Å². The molecule has 2 aromatic rings. The third kappa shape index (κ3) is 6.62. The molecule has 0 spiro atoms. The summed E-state index contributed by atoms with van der Waals surface area (Å²) in [5.41, 5.74) is 1.86. The number of nitrogens with one attached hydrogen (secondary N) is 2. The van der Waals surface area contributed by atoms with Gasteiger partial charge in [0.1, 0.15) is 4.88 Å². The van der Waals surface area contributed by atoms with Crippen LogP contribution in [0.3, 0.4) is 0 Å².